The molecule has 0 fully saturated rings. The van der Waals surface area contributed by atoms with E-state index in [1.807, 2.05) is 44.2 Å². The topological polar surface area (TPSA) is 98.2 Å². The number of primary amides is 1. The van der Waals surface area contributed by atoms with Crippen LogP contribution in [0, 0.1) is 5.92 Å². The van der Waals surface area contributed by atoms with Gasteiger partial charge in [0.2, 0.25) is 11.8 Å². The van der Waals surface area contributed by atoms with Gasteiger partial charge in [-0.3, -0.25) is 9.59 Å². The molecule has 0 aliphatic rings. The Balaban J connectivity index is 2.62. The Morgan fingerprint density at radius 1 is 1.25 bits per heavy atom. The van der Waals surface area contributed by atoms with Gasteiger partial charge in [0, 0.05) is 0 Å². The molecule has 2 amide bonds. The van der Waals surface area contributed by atoms with Crippen molar-refractivity contribution in [1.82, 2.24) is 5.32 Å². The summed E-state index contributed by atoms with van der Waals surface area (Å²) in [5.74, 6) is -0.891. The average Bonchev–Trinajstić information content (AvgIpc) is 2.44. The Morgan fingerprint density at radius 2 is 1.85 bits per heavy atom. The number of hydrogen-bond donors (Lipinski definition) is 3. The second-order valence-corrected chi connectivity index (χ2v) is 5.07. The normalized spacial score (nSPS) is 15.2. The van der Waals surface area contributed by atoms with Crippen LogP contribution in [0.5, 0.6) is 0 Å². The summed E-state index contributed by atoms with van der Waals surface area (Å²) in [4.78, 5) is 23.4. The maximum Gasteiger partial charge on any atom is 0.240 e. The molecule has 5 nitrogen and oxygen atoms in total. The fourth-order valence-electron chi connectivity index (χ4n) is 1.95. The van der Waals surface area contributed by atoms with E-state index in [0.717, 1.165) is 12.0 Å². The quantitative estimate of drug-likeness (QED) is 0.679. The lowest BCUT2D eigenvalue weighted by atomic mass is 9.97. The van der Waals surface area contributed by atoms with Crippen molar-refractivity contribution in [3.8, 4) is 0 Å². The average molecular weight is 277 g/mol. The van der Waals surface area contributed by atoms with Gasteiger partial charge in [0.25, 0.3) is 0 Å². The van der Waals surface area contributed by atoms with E-state index in [1.54, 1.807) is 0 Å². The first-order valence-electron chi connectivity index (χ1n) is 6.84. The molecule has 5 heteroatoms. The smallest absolute Gasteiger partial charge is 0.240 e. The molecular weight excluding hydrogens is 254 g/mol. The van der Waals surface area contributed by atoms with Crippen molar-refractivity contribution in [2.75, 3.05) is 0 Å². The van der Waals surface area contributed by atoms with Crippen molar-refractivity contribution in [2.45, 2.75) is 38.8 Å². The lowest BCUT2D eigenvalue weighted by Gasteiger charge is -2.23. The summed E-state index contributed by atoms with van der Waals surface area (Å²) in [6.45, 7) is 3.81. The van der Waals surface area contributed by atoms with Gasteiger partial charge >= 0.3 is 0 Å². The van der Waals surface area contributed by atoms with Gasteiger partial charge in [-0.1, -0.05) is 50.6 Å². The molecule has 1 aromatic rings. The van der Waals surface area contributed by atoms with E-state index in [9.17, 15) is 9.59 Å². The Morgan fingerprint density at radius 3 is 2.35 bits per heavy atom. The molecular formula is C15H23N3O2. The van der Waals surface area contributed by atoms with Crippen LogP contribution in [-0.4, -0.2) is 23.9 Å². The Labute approximate surface area is 119 Å². The van der Waals surface area contributed by atoms with Gasteiger partial charge in [-0.05, 0) is 17.9 Å². The molecule has 0 radical (unpaired) electrons. The highest BCUT2D eigenvalue weighted by Gasteiger charge is 2.25. The van der Waals surface area contributed by atoms with Crippen molar-refractivity contribution in [2.24, 2.45) is 17.4 Å². The highest BCUT2D eigenvalue weighted by Crippen LogP contribution is 2.08. The third kappa shape index (κ3) is 4.66. The first-order valence-corrected chi connectivity index (χ1v) is 6.84. The van der Waals surface area contributed by atoms with Crippen molar-refractivity contribution < 1.29 is 9.59 Å². The number of amides is 2. The first kappa shape index (κ1) is 16.2. The molecule has 0 aliphatic heterocycles. The molecule has 1 aromatic carbocycles. The van der Waals surface area contributed by atoms with E-state index in [0.29, 0.717) is 6.42 Å². The predicted molar refractivity (Wildman–Crippen MR) is 78.7 cm³/mol. The van der Waals surface area contributed by atoms with Crippen molar-refractivity contribution in [3.63, 3.8) is 0 Å². The Kier molecular flexibility index (Phi) is 6.18. The van der Waals surface area contributed by atoms with Crippen LogP contribution in [-0.2, 0) is 16.0 Å². The molecule has 0 heterocycles. The number of hydrogen-bond acceptors (Lipinski definition) is 3. The van der Waals surface area contributed by atoms with Crippen LogP contribution in [0.25, 0.3) is 0 Å². The van der Waals surface area contributed by atoms with E-state index < -0.39 is 18.0 Å². The second kappa shape index (κ2) is 7.65. The van der Waals surface area contributed by atoms with Gasteiger partial charge in [-0.15, -0.1) is 0 Å². The van der Waals surface area contributed by atoms with E-state index >= 15 is 0 Å². The summed E-state index contributed by atoms with van der Waals surface area (Å²) in [6, 6.07) is 8.15. The summed E-state index contributed by atoms with van der Waals surface area (Å²) < 4.78 is 0. The summed E-state index contributed by atoms with van der Waals surface area (Å²) >= 11 is 0. The number of benzene rings is 1. The van der Waals surface area contributed by atoms with Crippen LogP contribution in [0.2, 0.25) is 0 Å². The van der Waals surface area contributed by atoms with Gasteiger partial charge in [-0.2, -0.15) is 0 Å². The molecule has 110 valence electrons. The molecule has 0 aromatic heterocycles. The number of carbonyl (C=O) groups is 2. The minimum Gasteiger partial charge on any atom is -0.368 e. The van der Waals surface area contributed by atoms with Gasteiger partial charge in [0.15, 0.2) is 0 Å². The summed E-state index contributed by atoms with van der Waals surface area (Å²) in [5.41, 5.74) is 12.2. The third-order valence-corrected chi connectivity index (χ3v) is 3.45. The molecule has 0 bridgehead atoms. The fourth-order valence-corrected chi connectivity index (χ4v) is 1.95. The minimum atomic E-state index is -0.691. The first-order chi connectivity index (χ1) is 9.45. The third-order valence-electron chi connectivity index (χ3n) is 3.45. The minimum absolute atomic E-state index is 0.0135. The Bertz CT molecular complexity index is 448. The molecule has 3 atom stereocenters. The second-order valence-electron chi connectivity index (χ2n) is 5.07. The molecule has 0 saturated carbocycles. The monoisotopic (exact) mass is 277 g/mol. The number of rotatable bonds is 7. The van der Waals surface area contributed by atoms with Crippen LogP contribution < -0.4 is 16.8 Å². The maximum atomic E-state index is 12.0. The standard InChI is InChI=1S/C15H23N3O2/c1-3-10(2)13(14(17)19)18-15(20)12(16)9-11-7-5-4-6-8-11/h4-8,10,12-13H,3,9,16H2,1-2H3,(H2,17,19)(H,18,20)/t10-,12+,13+/m1/s1. The zero-order chi connectivity index (χ0) is 15.1. The highest BCUT2D eigenvalue weighted by molar-refractivity contribution is 5.89. The molecule has 0 spiro atoms. The Hall–Kier alpha value is -1.88. The van der Waals surface area contributed by atoms with E-state index in [-0.39, 0.29) is 11.8 Å². The molecule has 1 rings (SSSR count). The van der Waals surface area contributed by atoms with Crippen LogP contribution in [0.1, 0.15) is 25.8 Å². The summed E-state index contributed by atoms with van der Waals surface area (Å²) in [5, 5.41) is 2.65. The summed E-state index contributed by atoms with van der Waals surface area (Å²) in [7, 11) is 0. The maximum absolute atomic E-state index is 12.0. The molecule has 0 aliphatic carbocycles. The lowest BCUT2D eigenvalue weighted by Crippen LogP contribution is -2.53. The zero-order valence-electron chi connectivity index (χ0n) is 12.0. The lowest BCUT2D eigenvalue weighted by molar-refractivity contribution is -0.129. The van der Waals surface area contributed by atoms with Gasteiger partial charge < -0.3 is 16.8 Å². The van der Waals surface area contributed by atoms with Crippen LogP contribution in [0.4, 0.5) is 0 Å². The molecule has 20 heavy (non-hydrogen) atoms. The van der Waals surface area contributed by atoms with Crippen LogP contribution in [0.3, 0.4) is 0 Å². The number of carbonyl (C=O) groups excluding carboxylic acids is 2. The van der Waals surface area contributed by atoms with Crippen LogP contribution in [0.15, 0.2) is 30.3 Å². The highest BCUT2D eigenvalue weighted by atomic mass is 16.2. The zero-order valence-corrected chi connectivity index (χ0v) is 12.0. The van der Waals surface area contributed by atoms with Crippen LogP contribution >= 0.6 is 0 Å². The summed E-state index contributed by atoms with van der Waals surface area (Å²) in [6.07, 6.45) is 1.18. The molecule has 5 N–H and O–H groups in total. The van der Waals surface area contributed by atoms with Crippen molar-refractivity contribution in [1.29, 1.82) is 0 Å². The predicted octanol–water partition coefficient (Wildman–Crippen LogP) is 0.573. The fraction of sp³-hybridized carbons (Fsp3) is 0.467. The van der Waals surface area contributed by atoms with Gasteiger partial charge in [0.05, 0.1) is 6.04 Å². The number of nitrogens with one attached hydrogen (secondary N) is 1. The van der Waals surface area contributed by atoms with E-state index in [2.05, 4.69) is 5.32 Å². The van der Waals surface area contributed by atoms with Gasteiger partial charge in [-0.25, -0.2) is 0 Å². The van der Waals surface area contributed by atoms with E-state index in [4.69, 9.17) is 11.5 Å². The van der Waals surface area contributed by atoms with Crippen molar-refractivity contribution in [3.05, 3.63) is 35.9 Å². The SMILES string of the molecule is CC[C@@H](C)[C@H](NC(=O)[C@@H](N)Cc1ccccc1)C(N)=O. The number of nitrogens with two attached hydrogens (primary N) is 2. The van der Waals surface area contributed by atoms with Gasteiger partial charge in [0.1, 0.15) is 6.04 Å². The molecule has 0 saturated heterocycles. The van der Waals surface area contributed by atoms with Crippen molar-refractivity contribution >= 4 is 11.8 Å². The largest absolute Gasteiger partial charge is 0.368 e. The molecule has 0 unspecified atom stereocenters. The van der Waals surface area contributed by atoms with E-state index in [1.165, 1.54) is 0 Å².